The third-order valence-electron chi connectivity index (χ3n) is 2.37. The van der Waals surface area contributed by atoms with Crippen molar-refractivity contribution in [2.45, 2.75) is 9.79 Å². The second kappa shape index (κ2) is 5.97. The van der Waals surface area contributed by atoms with E-state index in [1.165, 1.54) is 0 Å². The first kappa shape index (κ1) is 15.7. The molecular weight excluding hydrogens is 528 g/mol. The third kappa shape index (κ3) is 3.32. The van der Waals surface area contributed by atoms with Gasteiger partial charge in [0.05, 0.1) is 9.79 Å². The molecule has 2 aromatic carbocycles. The molecule has 0 saturated heterocycles. The molecule has 0 amide bonds. The van der Waals surface area contributed by atoms with E-state index in [-0.39, 0.29) is 9.79 Å². The average Bonchev–Trinajstić information content (AvgIpc) is 2.35. The SMILES string of the molecule is O=S(=O)(c1cccc(Br)c1)c1cc(Br)c(Br)c(Br)c1. The van der Waals surface area contributed by atoms with Gasteiger partial charge in [-0.3, -0.25) is 0 Å². The number of halogens is 4. The summed E-state index contributed by atoms with van der Waals surface area (Å²) < 4.78 is 27.9. The normalized spacial score (nSPS) is 11.6. The highest BCUT2D eigenvalue weighted by atomic mass is 79.9. The van der Waals surface area contributed by atoms with Crippen LogP contribution < -0.4 is 0 Å². The van der Waals surface area contributed by atoms with Gasteiger partial charge in [0.25, 0.3) is 0 Å². The highest BCUT2D eigenvalue weighted by Gasteiger charge is 2.20. The second-order valence-electron chi connectivity index (χ2n) is 3.66. The molecule has 7 heteroatoms. The summed E-state index contributed by atoms with van der Waals surface area (Å²) >= 11 is 13.3. The second-order valence-corrected chi connectivity index (χ2v) is 9.03. The van der Waals surface area contributed by atoms with Crippen LogP contribution in [0.1, 0.15) is 0 Å². The van der Waals surface area contributed by atoms with Gasteiger partial charge in [-0.25, -0.2) is 8.42 Å². The molecule has 0 aromatic heterocycles. The first-order chi connectivity index (χ1) is 8.82. The molecule has 0 N–H and O–H groups in total. The molecule has 0 bridgehead atoms. The molecule has 0 aliphatic carbocycles. The summed E-state index contributed by atoms with van der Waals surface area (Å²) in [6.07, 6.45) is 0. The Hall–Kier alpha value is 0.310. The average molecular weight is 534 g/mol. The van der Waals surface area contributed by atoms with E-state index in [1.54, 1.807) is 36.4 Å². The van der Waals surface area contributed by atoms with Crippen molar-refractivity contribution in [3.05, 3.63) is 54.3 Å². The van der Waals surface area contributed by atoms with Crippen molar-refractivity contribution in [1.82, 2.24) is 0 Å². The molecule has 0 unspecified atom stereocenters. The van der Waals surface area contributed by atoms with Crippen molar-refractivity contribution in [2.24, 2.45) is 0 Å². The number of hydrogen-bond donors (Lipinski definition) is 0. The van der Waals surface area contributed by atoms with Crippen LogP contribution in [0.5, 0.6) is 0 Å². The molecule has 0 fully saturated rings. The zero-order chi connectivity index (χ0) is 14.2. The molecule has 2 aromatic rings. The molecule has 0 radical (unpaired) electrons. The predicted molar refractivity (Wildman–Crippen MR) is 89.1 cm³/mol. The fraction of sp³-hybridized carbons (Fsp3) is 0. The molecule has 100 valence electrons. The van der Waals surface area contributed by atoms with E-state index in [0.29, 0.717) is 8.95 Å². The van der Waals surface area contributed by atoms with Crippen LogP contribution in [0.25, 0.3) is 0 Å². The van der Waals surface area contributed by atoms with E-state index in [1.807, 2.05) is 0 Å². The standard InChI is InChI=1S/C12H6Br4O2S/c13-7-2-1-3-8(4-7)19(17,18)9-5-10(14)12(16)11(15)6-9/h1-6H. The Labute approximate surface area is 145 Å². The fourth-order valence-electron chi connectivity index (χ4n) is 1.46. The Morgan fingerprint density at radius 3 is 1.89 bits per heavy atom. The lowest BCUT2D eigenvalue weighted by atomic mass is 10.4. The molecule has 0 spiro atoms. The van der Waals surface area contributed by atoms with Gasteiger partial charge < -0.3 is 0 Å². The maximum atomic E-state index is 12.5. The molecule has 2 rings (SSSR count). The largest absolute Gasteiger partial charge is 0.219 e. The minimum absolute atomic E-state index is 0.229. The maximum Gasteiger partial charge on any atom is 0.206 e. The first-order valence-corrected chi connectivity index (χ1v) is 9.63. The Kier molecular flexibility index (Phi) is 4.93. The minimum Gasteiger partial charge on any atom is -0.219 e. The van der Waals surface area contributed by atoms with Crippen molar-refractivity contribution in [3.63, 3.8) is 0 Å². The van der Waals surface area contributed by atoms with E-state index in [4.69, 9.17) is 0 Å². The Morgan fingerprint density at radius 1 is 0.789 bits per heavy atom. The van der Waals surface area contributed by atoms with Crippen LogP contribution in [-0.2, 0) is 9.84 Å². The topological polar surface area (TPSA) is 34.1 Å². The van der Waals surface area contributed by atoms with Crippen molar-refractivity contribution in [3.8, 4) is 0 Å². The predicted octanol–water partition coefficient (Wildman–Crippen LogP) is 5.57. The Bertz CT molecular complexity index is 718. The van der Waals surface area contributed by atoms with Crippen LogP contribution in [0.3, 0.4) is 0 Å². The van der Waals surface area contributed by atoms with Crippen molar-refractivity contribution in [1.29, 1.82) is 0 Å². The van der Waals surface area contributed by atoms with Gasteiger partial charge in [-0.15, -0.1) is 0 Å². The molecule has 0 aliphatic heterocycles. The van der Waals surface area contributed by atoms with Crippen molar-refractivity contribution >= 4 is 73.6 Å². The summed E-state index contributed by atoms with van der Waals surface area (Å²) in [5, 5.41) is 0. The Balaban J connectivity index is 2.64. The maximum absolute atomic E-state index is 12.5. The van der Waals surface area contributed by atoms with Gasteiger partial charge >= 0.3 is 0 Å². The van der Waals surface area contributed by atoms with E-state index in [0.717, 1.165) is 8.95 Å². The van der Waals surface area contributed by atoms with Crippen LogP contribution in [0.15, 0.2) is 64.1 Å². The van der Waals surface area contributed by atoms with E-state index in [9.17, 15) is 8.42 Å². The van der Waals surface area contributed by atoms with Gasteiger partial charge in [0, 0.05) is 17.9 Å². The van der Waals surface area contributed by atoms with E-state index < -0.39 is 9.84 Å². The van der Waals surface area contributed by atoms with Crippen LogP contribution in [0.4, 0.5) is 0 Å². The highest BCUT2D eigenvalue weighted by Crippen LogP contribution is 2.35. The summed E-state index contributed by atoms with van der Waals surface area (Å²) in [6, 6.07) is 9.78. The fourth-order valence-corrected chi connectivity index (χ4v) is 5.08. The van der Waals surface area contributed by atoms with Crippen LogP contribution in [0.2, 0.25) is 0 Å². The van der Waals surface area contributed by atoms with Gasteiger partial charge in [-0.1, -0.05) is 22.0 Å². The number of sulfone groups is 1. The first-order valence-electron chi connectivity index (χ1n) is 4.97. The smallest absolute Gasteiger partial charge is 0.206 e. The summed E-state index contributed by atoms with van der Waals surface area (Å²) in [5.41, 5.74) is 0. The van der Waals surface area contributed by atoms with Gasteiger partial charge in [0.15, 0.2) is 0 Å². The monoisotopic (exact) mass is 530 g/mol. The molecular formula is C12H6Br4O2S. The van der Waals surface area contributed by atoms with Crippen LogP contribution >= 0.6 is 63.7 Å². The zero-order valence-electron chi connectivity index (χ0n) is 9.20. The lowest BCUT2D eigenvalue weighted by Gasteiger charge is -2.08. The number of benzene rings is 2. The molecule has 0 aliphatic rings. The highest BCUT2D eigenvalue weighted by molar-refractivity contribution is 9.14. The quantitative estimate of drug-likeness (QED) is 0.473. The molecule has 19 heavy (non-hydrogen) atoms. The molecule has 2 nitrogen and oxygen atoms in total. The van der Waals surface area contributed by atoms with Gasteiger partial charge in [-0.05, 0) is 78.1 Å². The molecule has 0 saturated carbocycles. The summed E-state index contributed by atoms with van der Waals surface area (Å²) in [5.74, 6) is 0. The molecule has 0 atom stereocenters. The zero-order valence-corrected chi connectivity index (χ0v) is 16.4. The summed E-state index contributed by atoms with van der Waals surface area (Å²) in [7, 11) is -3.53. The number of hydrogen-bond acceptors (Lipinski definition) is 2. The van der Waals surface area contributed by atoms with E-state index in [2.05, 4.69) is 63.7 Å². The molecule has 0 heterocycles. The summed E-state index contributed by atoms with van der Waals surface area (Å²) in [4.78, 5) is 0.482. The number of rotatable bonds is 2. The third-order valence-corrected chi connectivity index (χ3v) is 7.77. The lowest BCUT2D eigenvalue weighted by Crippen LogP contribution is -2.02. The summed E-state index contributed by atoms with van der Waals surface area (Å²) in [6.45, 7) is 0. The van der Waals surface area contributed by atoms with Crippen molar-refractivity contribution in [2.75, 3.05) is 0 Å². The Morgan fingerprint density at radius 2 is 1.37 bits per heavy atom. The van der Waals surface area contributed by atoms with Crippen molar-refractivity contribution < 1.29 is 8.42 Å². The van der Waals surface area contributed by atoms with E-state index >= 15 is 0 Å². The van der Waals surface area contributed by atoms with Gasteiger partial charge in [-0.2, -0.15) is 0 Å². The lowest BCUT2D eigenvalue weighted by molar-refractivity contribution is 0.596. The minimum atomic E-state index is -3.53. The van der Waals surface area contributed by atoms with Gasteiger partial charge in [0.2, 0.25) is 9.84 Å². The van der Waals surface area contributed by atoms with Gasteiger partial charge in [0.1, 0.15) is 0 Å². The van der Waals surface area contributed by atoms with Crippen LogP contribution in [-0.4, -0.2) is 8.42 Å². The van der Waals surface area contributed by atoms with Crippen LogP contribution in [0, 0.1) is 0 Å².